The maximum absolute atomic E-state index is 13.4. The van der Waals surface area contributed by atoms with Gasteiger partial charge < -0.3 is 10.0 Å². The van der Waals surface area contributed by atoms with E-state index >= 15 is 0 Å². The van der Waals surface area contributed by atoms with Crippen LogP contribution in [0.2, 0.25) is 0 Å². The minimum absolute atomic E-state index is 0.159. The predicted molar refractivity (Wildman–Crippen MR) is 97.9 cm³/mol. The Morgan fingerprint density at radius 3 is 2.59 bits per heavy atom. The molecule has 3 aliphatic rings. The Hall–Kier alpha value is -1.96. The molecule has 0 aromatic heterocycles. The Bertz CT molecular complexity index is 785. The fourth-order valence-electron chi connectivity index (χ4n) is 4.70. The SMILES string of the molecule is CC(C)[C@@]1(N)O[C@]2(O)N(C1=O)[C@@H](Cc1ccccc1)C(=O)N1CCC[C@]12C. The molecule has 3 fully saturated rings. The average Bonchev–Trinajstić information content (AvgIpc) is 3.12. The van der Waals surface area contributed by atoms with E-state index < -0.39 is 29.1 Å². The fraction of sp³-hybridized carbons (Fsp3) is 0.600. The molecule has 3 heterocycles. The van der Waals surface area contributed by atoms with E-state index in [0.717, 1.165) is 12.0 Å². The number of rotatable bonds is 3. The third-order valence-electron chi connectivity index (χ3n) is 6.53. The third-order valence-corrected chi connectivity index (χ3v) is 6.53. The van der Waals surface area contributed by atoms with Crippen molar-refractivity contribution >= 4 is 11.8 Å². The lowest BCUT2D eigenvalue weighted by Gasteiger charge is -2.55. The van der Waals surface area contributed by atoms with Gasteiger partial charge in [0.25, 0.3) is 11.8 Å². The van der Waals surface area contributed by atoms with Gasteiger partial charge in [0.2, 0.25) is 11.6 Å². The van der Waals surface area contributed by atoms with E-state index in [1.54, 1.807) is 25.7 Å². The minimum Gasteiger partial charge on any atom is -0.347 e. The maximum atomic E-state index is 13.4. The summed E-state index contributed by atoms with van der Waals surface area (Å²) in [6.07, 6.45) is 1.59. The zero-order valence-corrected chi connectivity index (χ0v) is 16.0. The van der Waals surface area contributed by atoms with Crippen molar-refractivity contribution in [3.8, 4) is 0 Å². The molecule has 0 radical (unpaired) electrons. The summed E-state index contributed by atoms with van der Waals surface area (Å²) in [6, 6.07) is 8.64. The van der Waals surface area contributed by atoms with E-state index in [1.807, 2.05) is 30.3 Å². The summed E-state index contributed by atoms with van der Waals surface area (Å²) in [4.78, 5) is 29.6. The number of carbonyl (C=O) groups is 2. The molecule has 0 bridgehead atoms. The maximum Gasteiger partial charge on any atom is 0.278 e. The topological polar surface area (TPSA) is 96.1 Å². The van der Waals surface area contributed by atoms with Crippen molar-refractivity contribution in [2.45, 2.75) is 63.3 Å². The minimum atomic E-state index is -1.94. The Morgan fingerprint density at radius 1 is 1.30 bits per heavy atom. The highest BCUT2D eigenvalue weighted by Crippen LogP contribution is 2.52. The van der Waals surface area contributed by atoms with Gasteiger partial charge >= 0.3 is 0 Å². The van der Waals surface area contributed by atoms with Crippen LogP contribution in [0.3, 0.4) is 0 Å². The molecule has 4 atom stereocenters. The molecule has 0 spiro atoms. The Kier molecular flexibility index (Phi) is 3.93. The molecule has 7 nitrogen and oxygen atoms in total. The zero-order chi connectivity index (χ0) is 19.6. The van der Waals surface area contributed by atoms with Gasteiger partial charge in [0.15, 0.2) is 0 Å². The molecule has 1 aromatic carbocycles. The van der Waals surface area contributed by atoms with E-state index in [4.69, 9.17) is 10.5 Å². The van der Waals surface area contributed by atoms with Crippen LogP contribution in [0.5, 0.6) is 0 Å². The van der Waals surface area contributed by atoms with Crippen molar-refractivity contribution in [1.82, 2.24) is 9.80 Å². The first-order chi connectivity index (χ1) is 12.6. The second kappa shape index (κ2) is 5.77. The van der Waals surface area contributed by atoms with Gasteiger partial charge in [0.05, 0.1) is 0 Å². The van der Waals surface area contributed by atoms with Crippen molar-refractivity contribution < 1.29 is 19.4 Å². The first-order valence-corrected chi connectivity index (χ1v) is 9.56. The molecule has 1 aromatic rings. The predicted octanol–water partition coefficient (Wildman–Crippen LogP) is 0.808. The second-order valence-electron chi connectivity index (χ2n) is 8.41. The van der Waals surface area contributed by atoms with Gasteiger partial charge in [-0.2, -0.15) is 0 Å². The summed E-state index contributed by atoms with van der Waals surface area (Å²) in [5.74, 6) is -2.98. The quantitative estimate of drug-likeness (QED) is 0.817. The average molecular weight is 373 g/mol. The molecule has 3 N–H and O–H groups in total. The first kappa shape index (κ1) is 18.4. The molecular weight excluding hydrogens is 346 g/mol. The number of carbonyl (C=O) groups excluding carboxylic acids is 2. The Balaban J connectivity index is 1.83. The van der Waals surface area contributed by atoms with Crippen LogP contribution in [-0.4, -0.2) is 56.5 Å². The molecule has 7 heteroatoms. The lowest BCUT2D eigenvalue weighted by Crippen LogP contribution is -2.76. The summed E-state index contributed by atoms with van der Waals surface area (Å²) >= 11 is 0. The van der Waals surface area contributed by atoms with Crippen molar-refractivity contribution in [1.29, 1.82) is 0 Å². The number of amides is 2. The molecule has 0 unspecified atom stereocenters. The lowest BCUT2D eigenvalue weighted by atomic mass is 9.86. The Labute approximate surface area is 159 Å². The number of fused-ring (bicyclic) bond motifs is 3. The normalized spacial score (nSPS) is 38.5. The number of hydrogen-bond donors (Lipinski definition) is 2. The molecule has 146 valence electrons. The van der Waals surface area contributed by atoms with Crippen molar-refractivity contribution in [2.75, 3.05) is 6.54 Å². The third kappa shape index (κ3) is 2.25. The number of benzene rings is 1. The van der Waals surface area contributed by atoms with Crippen LogP contribution in [0, 0.1) is 5.92 Å². The highest BCUT2D eigenvalue weighted by atomic mass is 16.7. The van der Waals surface area contributed by atoms with Crippen molar-refractivity contribution in [2.24, 2.45) is 11.7 Å². The number of ether oxygens (including phenoxy) is 1. The molecule has 4 rings (SSSR count). The molecule has 0 saturated carbocycles. The van der Waals surface area contributed by atoms with Crippen LogP contribution in [-0.2, 0) is 20.7 Å². The van der Waals surface area contributed by atoms with Gasteiger partial charge in [0.1, 0.15) is 11.6 Å². The molecule has 0 aliphatic carbocycles. The van der Waals surface area contributed by atoms with E-state index in [9.17, 15) is 14.7 Å². The van der Waals surface area contributed by atoms with E-state index in [-0.39, 0.29) is 11.8 Å². The molecule has 27 heavy (non-hydrogen) atoms. The largest absolute Gasteiger partial charge is 0.347 e. The van der Waals surface area contributed by atoms with E-state index in [1.165, 1.54) is 4.90 Å². The van der Waals surface area contributed by atoms with Crippen LogP contribution in [0.4, 0.5) is 0 Å². The summed E-state index contributed by atoms with van der Waals surface area (Å²) in [7, 11) is 0. The number of aliphatic hydroxyl groups is 1. The van der Waals surface area contributed by atoms with E-state index in [2.05, 4.69) is 0 Å². The summed E-state index contributed by atoms with van der Waals surface area (Å²) in [5, 5.41) is 11.7. The van der Waals surface area contributed by atoms with Crippen molar-refractivity contribution in [3.05, 3.63) is 35.9 Å². The molecular formula is C20H27N3O4. The van der Waals surface area contributed by atoms with Crippen LogP contribution < -0.4 is 5.73 Å². The summed E-state index contributed by atoms with van der Waals surface area (Å²) in [6.45, 7) is 5.88. The van der Waals surface area contributed by atoms with Gasteiger partial charge in [-0.3, -0.25) is 25.0 Å². The van der Waals surface area contributed by atoms with Gasteiger partial charge in [-0.15, -0.1) is 0 Å². The molecule has 2 amide bonds. The molecule has 3 saturated heterocycles. The van der Waals surface area contributed by atoms with Gasteiger partial charge in [-0.1, -0.05) is 44.2 Å². The lowest BCUT2D eigenvalue weighted by molar-refractivity contribution is -0.343. The van der Waals surface area contributed by atoms with E-state index in [0.29, 0.717) is 19.4 Å². The fourth-order valence-corrected chi connectivity index (χ4v) is 4.70. The smallest absolute Gasteiger partial charge is 0.278 e. The Morgan fingerprint density at radius 2 is 1.96 bits per heavy atom. The van der Waals surface area contributed by atoms with Gasteiger partial charge in [0, 0.05) is 18.9 Å². The van der Waals surface area contributed by atoms with Crippen LogP contribution in [0.1, 0.15) is 39.2 Å². The second-order valence-corrected chi connectivity index (χ2v) is 8.41. The van der Waals surface area contributed by atoms with Crippen LogP contribution in [0.25, 0.3) is 0 Å². The molecule has 3 aliphatic heterocycles. The first-order valence-electron chi connectivity index (χ1n) is 9.56. The highest BCUT2D eigenvalue weighted by Gasteiger charge is 2.74. The van der Waals surface area contributed by atoms with Gasteiger partial charge in [-0.25, -0.2) is 0 Å². The number of nitrogens with zero attached hydrogens (tertiary/aromatic N) is 2. The monoisotopic (exact) mass is 373 g/mol. The summed E-state index contributed by atoms with van der Waals surface area (Å²) < 4.78 is 5.96. The number of nitrogens with two attached hydrogens (primary N) is 1. The number of piperazine rings is 1. The number of hydrogen-bond acceptors (Lipinski definition) is 5. The zero-order valence-electron chi connectivity index (χ0n) is 16.0. The van der Waals surface area contributed by atoms with Crippen LogP contribution >= 0.6 is 0 Å². The van der Waals surface area contributed by atoms with Crippen LogP contribution in [0.15, 0.2) is 30.3 Å². The standard InChI is InChI=1S/C20H27N3O4/c1-13(2)19(21)17(25)23-15(12-14-8-5-4-6-9-14)16(24)22-11-7-10-18(22,3)20(23,26)27-19/h4-6,8-9,13,15,26H,7,10-12,21H2,1-3H3/t15-,18-,19+,20-/m0/s1. The van der Waals surface area contributed by atoms with Crippen molar-refractivity contribution in [3.63, 3.8) is 0 Å². The summed E-state index contributed by atoms with van der Waals surface area (Å²) in [5.41, 5.74) is 4.57. The van der Waals surface area contributed by atoms with Gasteiger partial charge in [-0.05, 0) is 25.3 Å². The highest BCUT2D eigenvalue weighted by molar-refractivity contribution is 5.95.